The maximum atomic E-state index is 12.4. The summed E-state index contributed by atoms with van der Waals surface area (Å²) in [6, 6.07) is 18.1. The van der Waals surface area contributed by atoms with Crippen molar-refractivity contribution in [2.75, 3.05) is 17.2 Å². The predicted octanol–water partition coefficient (Wildman–Crippen LogP) is 5.02. The number of pyridine rings is 1. The van der Waals surface area contributed by atoms with E-state index in [0.717, 1.165) is 22.7 Å². The Kier molecular flexibility index (Phi) is 6.68. The summed E-state index contributed by atoms with van der Waals surface area (Å²) in [7, 11) is 0. The number of ether oxygens (including phenoxy) is 2. The minimum Gasteiger partial charge on any atom is -0.494 e. The zero-order valence-electron chi connectivity index (χ0n) is 16.8. The van der Waals surface area contributed by atoms with E-state index in [1.165, 1.54) is 0 Å². The topological polar surface area (TPSA) is 72.5 Å². The number of nitrogens with one attached hydrogen (secondary N) is 2. The Bertz CT molecular complexity index is 923. The number of hydrogen-bond donors (Lipinski definition) is 2. The van der Waals surface area contributed by atoms with Crippen molar-refractivity contribution < 1.29 is 14.3 Å². The molecule has 1 unspecified atom stereocenters. The number of hydrogen-bond acceptors (Lipinski definition) is 5. The van der Waals surface area contributed by atoms with E-state index in [2.05, 4.69) is 15.6 Å². The highest BCUT2D eigenvalue weighted by molar-refractivity contribution is 5.96. The number of rotatable bonds is 8. The van der Waals surface area contributed by atoms with E-state index >= 15 is 0 Å². The van der Waals surface area contributed by atoms with E-state index in [0.29, 0.717) is 18.2 Å². The van der Waals surface area contributed by atoms with E-state index in [-0.39, 0.29) is 5.91 Å². The Morgan fingerprint density at radius 3 is 2.24 bits per heavy atom. The molecule has 0 radical (unpaired) electrons. The van der Waals surface area contributed by atoms with Gasteiger partial charge < -0.3 is 20.1 Å². The van der Waals surface area contributed by atoms with Gasteiger partial charge in [-0.15, -0.1) is 0 Å². The van der Waals surface area contributed by atoms with Crippen LogP contribution in [0.3, 0.4) is 0 Å². The number of amides is 1. The molecule has 6 nitrogen and oxygen atoms in total. The SMILES string of the molecule is CCOc1ccc(NC(=O)C(C)Nc2ccc(Oc3ccc(C)cn3)cc2)cc1. The molecule has 0 bridgehead atoms. The Labute approximate surface area is 170 Å². The molecule has 3 rings (SSSR count). The number of nitrogens with zero attached hydrogens (tertiary/aromatic N) is 1. The van der Waals surface area contributed by atoms with E-state index in [1.54, 1.807) is 6.20 Å². The molecule has 3 aromatic rings. The monoisotopic (exact) mass is 391 g/mol. The van der Waals surface area contributed by atoms with Gasteiger partial charge >= 0.3 is 0 Å². The van der Waals surface area contributed by atoms with Gasteiger partial charge in [-0.1, -0.05) is 6.07 Å². The highest BCUT2D eigenvalue weighted by atomic mass is 16.5. The fourth-order valence-corrected chi connectivity index (χ4v) is 2.62. The number of carbonyl (C=O) groups excluding carboxylic acids is 1. The van der Waals surface area contributed by atoms with Gasteiger partial charge in [0.05, 0.1) is 6.61 Å². The summed E-state index contributed by atoms with van der Waals surface area (Å²) >= 11 is 0. The van der Waals surface area contributed by atoms with Crippen molar-refractivity contribution in [1.29, 1.82) is 0 Å². The average Bonchev–Trinajstić information content (AvgIpc) is 2.73. The molecule has 150 valence electrons. The van der Waals surface area contributed by atoms with Crippen LogP contribution < -0.4 is 20.1 Å². The molecule has 1 aromatic heterocycles. The largest absolute Gasteiger partial charge is 0.494 e. The van der Waals surface area contributed by atoms with Crippen molar-refractivity contribution in [3.05, 3.63) is 72.4 Å². The van der Waals surface area contributed by atoms with Gasteiger partial charge in [-0.3, -0.25) is 4.79 Å². The lowest BCUT2D eigenvalue weighted by molar-refractivity contribution is -0.116. The molecule has 0 fully saturated rings. The Morgan fingerprint density at radius 1 is 0.966 bits per heavy atom. The number of carbonyl (C=O) groups is 1. The highest BCUT2D eigenvalue weighted by Crippen LogP contribution is 2.22. The zero-order valence-corrected chi connectivity index (χ0v) is 16.8. The summed E-state index contributed by atoms with van der Waals surface area (Å²) in [5, 5.41) is 6.07. The van der Waals surface area contributed by atoms with Gasteiger partial charge in [0.2, 0.25) is 11.8 Å². The summed E-state index contributed by atoms with van der Waals surface area (Å²) in [6.45, 7) is 6.33. The number of aryl methyl sites for hydroxylation is 1. The summed E-state index contributed by atoms with van der Waals surface area (Å²) in [4.78, 5) is 16.6. The first kappa shape index (κ1) is 20.2. The van der Waals surface area contributed by atoms with Crippen LogP contribution in [0.1, 0.15) is 19.4 Å². The normalized spacial score (nSPS) is 11.4. The lowest BCUT2D eigenvalue weighted by Gasteiger charge is -2.16. The van der Waals surface area contributed by atoms with Gasteiger partial charge in [0.25, 0.3) is 0 Å². The molecule has 29 heavy (non-hydrogen) atoms. The third-order valence-corrected chi connectivity index (χ3v) is 4.17. The summed E-state index contributed by atoms with van der Waals surface area (Å²) in [5.41, 5.74) is 2.62. The van der Waals surface area contributed by atoms with Crippen molar-refractivity contribution in [3.8, 4) is 17.4 Å². The van der Waals surface area contributed by atoms with Gasteiger partial charge in [0.1, 0.15) is 17.5 Å². The Morgan fingerprint density at radius 2 is 1.62 bits per heavy atom. The first-order valence-corrected chi connectivity index (χ1v) is 9.54. The molecular formula is C23H25N3O3. The number of anilines is 2. The summed E-state index contributed by atoms with van der Waals surface area (Å²) < 4.78 is 11.1. The minimum atomic E-state index is -0.410. The van der Waals surface area contributed by atoms with E-state index < -0.39 is 6.04 Å². The number of aromatic nitrogens is 1. The van der Waals surface area contributed by atoms with Gasteiger partial charge in [0, 0.05) is 23.6 Å². The van der Waals surface area contributed by atoms with E-state index in [9.17, 15) is 4.79 Å². The van der Waals surface area contributed by atoms with E-state index in [1.807, 2.05) is 81.4 Å². The lowest BCUT2D eigenvalue weighted by Crippen LogP contribution is -2.31. The first-order valence-electron chi connectivity index (χ1n) is 9.54. The molecule has 1 amide bonds. The third kappa shape index (κ3) is 5.97. The molecule has 2 N–H and O–H groups in total. The molecule has 0 aliphatic rings. The maximum Gasteiger partial charge on any atom is 0.246 e. The van der Waals surface area contributed by atoms with Gasteiger partial charge in [0.15, 0.2) is 0 Å². The Balaban J connectivity index is 1.53. The fourth-order valence-electron chi connectivity index (χ4n) is 2.62. The minimum absolute atomic E-state index is 0.127. The molecular weight excluding hydrogens is 366 g/mol. The maximum absolute atomic E-state index is 12.4. The molecule has 0 saturated carbocycles. The second kappa shape index (κ2) is 9.59. The van der Waals surface area contributed by atoms with Crippen molar-refractivity contribution in [3.63, 3.8) is 0 Å². The zero-order chi connectivity index (χ0) is 20.6. The quantitative estimate of drug-likeness (QED) is 0.564. The van der Waals surface area contributed by atoms with Crippen LogP contribution in [0, 0.1) is 6.92 Å². The molecule has 0 saturated heterocycles. The van der Waals surface area contributed by atoms with Crippen molar-refractivity contribution >= 4 is 17.3 Å². The molecule has 0 spiro atoms. The van der Waals surface area contributed by atoms with Crippen molar-refractivity contribution in [2.24, 2.45) is 0 Å². The second-order valence-electron chi connectivity index (χ2n) is 6.61. The summed E-state index contributed by atoms with van der Waals surface area (Å²) in [6.07, 6.45) is 1.76. The van der Waals surface area contributed by atoms with E-state index in [4.69, 9.17) is 9.47 Å². The Hall–Kier alpha value is -3.54. The van der Waals surface area contributed by atoms with Crippen LogP contribution in [0.2, 0.25) is 0 Å². The van der Waals surface area contributed by atoms with Crippen LogP contribution in [0.25, 0.3) is 0 Å². The van der Waals surface area contributed by atoms with Crippen LogP contribution in [-0.2, 0) is 4.79 Å². The van der Waals surface area contributed by atoms with Crippen LogP contribution >= 0.6 is 0 Å². The molecule has 1 heterocycles. The highest BCUT2D eigenvalue weighted by Gasteiger charge is 2.13. The summed E-state index contributed by atoms with van der Waals surface area (Å²) in [5.74, 6) is 1.87. The van der Waals surface area contributed by atoms with Crippen LogP contribution in [0.4, 0.5) is 11.4 Å². The van der Waals surface area contributed by atoms with Crippen molar-refractivity contribution in [1.82, 2.24) is 4.98 Å². The predicted molar refractivity (Wildman–Crippen MR) is 115 cm³/mol. The standard InChI is InChI=1S/C23H25N3O3/c1-4-28-20-10-6-19(7-11-20)26-23(27)17(3)25-18-8-12-21(13-9-18)29-22-14-5-16(2)15-24-22/h5-15,17,25H,4H2,1-3H3,(H,26,27). The molecule has 1 atom stereocenters. The van der Waals surface area contributed by atoms with Crippen LogP contribution in [0.5, 0.6) is 17.4 Å². The smallest absolute Gasteiger partial charge is 0.246 e. The molecule has 2 aromatic carbocycles. The number of benzene rings is 2. The van der Waals surface area contributed by atoms with Gasteiger partial charge in [-0.05, 0) is 74.9 Å². The molecule has 0 aliphatic carbocycles. The second-order valence-corrected chi connectivity index (χ2v) is 6.61. The fraction of sp³-hybridized carbons (Fsp3) is 0.217. The molecule has 6 heteroatoms. The van der Waals surface area contributed by atoms with Gasteiger partial charge in [-0.25, -0.2) is 4.98 Å². The lowest BCUT2D eigenvalue weighted by atomic mass is 10.2. The third-order valence-electron chi connectivity index (χ3n) is 4.17. The van der Waals surface area contributed by atoms with Crippen LogP contribution in [0.15, 0.2) is 66.9 Å². The molecule has 0 aliphatic heterocycles. The van der Waals surface area contributed by atoms with Crippen LogP contribution in [-0.4, -0.2) is 23.5 Å². The first-order chi connectivity index (χ1) is 14.0. The van der Waals surface area contributed by atoms with Gasteiger partial charge in [-0.2, -0.15) is 0 Å². The average molecular weight is 391 g/mol. The van der Waals surface area contributed by atoms with Crippen molar-refractivity contribution in [2.45, 2.75) is 26.8 Å².